The van der Waals surface area contributed by atoms with Crippen LogP contribution in [0.3, 0.4) is 0 Å². The van der Waals surface area contributed by atoms with Gasteiger partial charge in [-0.15, -0.1) is 0 Å². The monoisotopic (exact) mass is 413 g/mol. The van der Waals surface area contributed by atoms with Crippen molar-refractivity contribution in [1.29, 1.82) is 0 Å². The summed E-state index contributed by atoms with van der Waals surface area (Å²) in [7, 11) is 0. The molecule has 2 aliphatic carbocycles. The summed E-state index contributed by atoms with van der Waals surface area (Å²) in [4.78, 5) is 25.1. The summed E-state index contributed by atoms with van der Waals surface area (Å²) in [5.74, 6) is 2.31. The van der Waals surface area contributed by atoms with Gasteiger partial charge in [0.05, 0.1) is 5.92 Å². The fourth-order valence-electron chi connectivity index (χ4n) is 5.27. The van der Waals surface area contributed by atoms with Crippen LogP contribution in [0.25, 0.3) is 0 Å². The van der Waals surface area contributed by atoms with E-state index in [2.05, 4.69) is 19.2 Å². The SMILES string of the molecule is CCC[C@H]1CC[C@H](C(=O)Nc2ccc(OC(=O)[C@H]3CC[C@H](CCC)CC3)cc2)CC1. The van der Waals surface area contributed by atoms with E-state index in [1.165, 1.54) is 38.5 Å². The Morgan fingerprint density at radius 2 is 1.30 bits per heavy atom. The molecular formula is C26H39NO3. The van der Waals surface area contributed by atoms with Crippen LogP contribution < -0.4 is 10.1 Å². The maximum absolute atomic E-state index is 12.6. The van der Waals surface area contributed by atoms with Crippen molar-refractivity contribution < 1.29 is 14.3 Å². The van der Waals surface area contributed by atoms with Gasteiger partial charge < -0.3 is 10.1 Å². The minimum absolute atomic E-state index is 0.0281. The van der Waals surface area contributed by atoms with Gasteiger partial charge in [0.15, 0.2) is 0 Å². The van der Waals surface area contributed by atoms with Crippen molar-refractivity contribution in [3.8, 4) is 5.75 Å². The molecule has 30 heavy (non-hydrogen) atoms. The van der Waals surface area contributed by atoms with Crippen LogP contribution in [-0.4, -0.2) is 11.9 Å². The fourth-order valence-corrected chi connectivity index (χ4v) is 5.27. The van der Waals surface area contributed by atoms with Crippen molar-refractivity contribution in [2.45, 2.75) is 90.9 Å². The summed E-state index contributed by atoms with van der Waals surface area (Å²) in [6.07, 6.45) is 13.5. The summed E-state index contributed by atoms with van der Waals surface area (Å²) in [6.45, 7) is 4.46. The first kappa shape index (κ1) is 22.8. The molecule has 0 bridgehead atoms. The van der Waals surface area contributed by atoms with Crippen molar-refractivity contribution in [3.05, 3.63) is 24.3 Å². The molecule has 2 aliphatic rings. The van der Waals surface area contributed by atoms with Crippen molar-refractivity contribution in [2.24, 2.45) is 23.7 Å². The number of nitrogens with one attached hydrogen (secondary N) is 1. The molecule has 0 saturated heterocycles. The topological polar surface area (TPSA) is 55.4 Å². The predicted octanol–water partition coefficient (Wildman–Crippen LogP) is 6.74. The predicted molar refractivity (Wildman–Crippen MR) is 121 cm³/mol. The summed E-state index contributed by atoms with van der Waals surface area (Å²) in [6, 6.07) is 7.24. The van der Waals surface area contributed by atoms with Crippen LogP contribution in [0.5, 0.6) is 5.75 Å². The Kier molecular flexibility index (Phi) is 8.77. The lowest BCUT2D eigenvalue weighted by Crippen LogP contribution is -2.27. The van der Waals surface area contributed by atoms with Gasteiger partial charge in [-0.2, -0.15) is 0 Å². The molecule has 2 fully saturated rings. The Morgan fingerprint density at radius 3 is 1.80 bits per heavy atom. The lowest BCUT2D eigenvalue weighted by molar-refractivity contribution is -0.140. The van der Waals surface area contributed by atoms with Crippen LogP contribution in [0, 0.1) is 23.7 Å². The number of hydrogen-bond donors (Lipinski definition) is 1. The number of anilines is 1. The first-order valence-electron chi connectivity index (χ1n) is 12.2. The van der Waals surface area contributed by atoms with Crippen LogP contribution in [-0.2, 0) is 9.59 Å². The molecule has 1 amide bonds. The van der Waals surface area contributed by atoms with Gasteiger partial charge in [0.1, 0.15) is 5.75 Å². The average Bonchev–Trinajstić information content (AvgIpc) is 2.76. The molecule has 0 spiro atoms. The van der Waals surface area contributed by atoms with E-state index in [9.17, 15) is 9.59 Å². The molecule has 0 radical (unpaired) electrons. The molecule has 3 rings (SSSR count). The normalized spacial score (nSPS) is 26.7. The molecule has 1 aromatic carbocycles. The van der Waals surface area contributed by atoms with Crippen molar-refractivity contribution in [2.75, 3.05) is 5.32 Å². The first-order valence-corrected chi connectivity index (χ1v) is 12.2. The number of hydrogen-bond acceptors (Lipinski definition) is 3. The van der Waals surface area contributed by atoms with E-state index in [0.717, 1.165) is 56.0 Å². The smallest absolute Gasteiger partial charge is 0.314 e. The van der Waals surface area contributed by atoms with Crippen LogP contribution in [0.4, 0.5) is 5.69 Å². The lowest BCUT2D eigenvalue weighted by Gasteiger charge is -2.27. The zero-order chi connectivity index (χ0) is 21.3. The van der Waals surface area contributed by atoms with Crippen molar-refractivity contribution in [1.82, 2.24) is 0 Å². The Labute approximate surface area is 182 Å². The number of ether oxygens (including phenoxy) is 1. The number of amides is 1. The standard InChI is InChI=1S/C26H39NO3/c1-3-5-19-7-11-21(12-8-19)25(28)27-23-15-17-24(18-16-23)30-26(29)22-13-9-20(6-4-2)10-14-22/h15-22H,3-14H2,1-2H3,(H,27,28)/t19-,20-,21-,22-. The number of carbonyl (C=O) groups excluding carboxylic acids is 2. The Morgan fingerprint density at radius 1 is 0.800 bits per heavy atom. The summed E-state index contributed by atoms with van der Waals surface area (Å²) >= 11 is 0. The first-order chi connectivity index (χ1) is 14.6. The zero-order valence-electron chi connectivity index (χ0n) is 18.8. The minimum atomic E-state index is -0.106. The summed E-state index contributed by atoms with van der Waals surface area (Å²) < 4.78 is 5.61. The van der Waals surface area contributed by atoms with Gasteiger partial charge in [0.2, 0.25) is 5.91 Å². The van der Waals surface area contributed by atoms with E-state index < -0.39 is 0 Å². The van der Waals surface area contributed by atoms with E-state index in [1.54, 1.807) is 12.1 Å². The Hall–Kier alpha value is -1.84. The molecule has 1 aromatic rings. The third kappa shape index (κ3) is 6.58. The molecule has 0 atom stereocenters. The second kappa shape index (κ2) is 11.5. The second-order valence-electron chi connectivity index (χ2n) is 9.45. The van der Waals surface area contributed by atoms with Gasteiger partial charge in [0, 0.05) is 11.6 Å². The molecule has 0 heterocycles. The lowest BCUT2D eigenvalue weighted by atomic mass is 9.80. The number of carbonyl (C=O) groups is 2. The van der Waals surface area contributed by atoms with Crippen molar-refractivity contribution >= 4 is 17.6 Å². The van der Waals surface area contributed by atoms with Crippen molar-refractivity contribution in [3.63, 3.8) is 0 Å². The molecular weight excluding hydrogens is 374 g/mol. The van der Waals surface area contributed by atoms with E-state index in [1.807, 2.05) is 12.1 Å². The third-order valence-electron chi connectivity index (χ3n) is 7.13. The van der Waals surface area contributed by atoms with Crippen LogP contribution >= 0.6 is 0 Å². The highest BCUT2D eigenvalue weighted by atomic mass is 16.5. The highest BCUT2D eigenvalue weighted by molar-refractivity contribution is 5.92. The number of esters is 1. The summed E-state index contributed by atoms with van der Waals surface area (Å²) in [5, 5.41) is 3.04. The third-order valence-corrected chi connectivity index (χ3v) is 7.13. The quantitative estimate of drug-likeness (QED) is 0.379. The largest absolute Gasteiger partial charge is 0.426 e. The molecule has 0 aromatic heterocycles. The molecule has 2 saturated carbocycles. The summed E-state index contributed by atoms with van der Waals surface area (Å²) in [5.41, 5.74) is 0.774. The highest BCUT2D eigenvalue weighted by Gasteiger charge is 2.28. The fraction of sp³-hybridized carbons (Fsp3) is 0.692. The van der Waals surface area contributed by atoms with Gasteiger partial charge in [-0.1, -0.05) is 39.5 Å². The van der Waals surface area contributed by atoms with Crippen LogP contribution in [0.1, 0.15) is 90.9 Å². The molecule has 166 valence electrons. The molecule has 1 N–H and O–H groups in total. The van der Waals surface area contributed by atoms with Gasteiger partial charge in [-0.25, -0.2) is 0 Å². The Balaban J connectivity index is 1.42. The highest BCUT2D eigenvalue weighted by Crippen LogP contribution is 2.33. The van der Waals surface area contributed by atoms with Crippen LogP contribution in [0.2, 0.25) is 0 Å². The number of rotatable bonds is 8. The van der Waals surface area contributed by atoms with E-state index in [0.29, 0.717) is 5.75 Å². The van der Waals surface area contributed by atoms with Crippen LogP contribution in [0.15, 0.2) is 24.3 Å². The van der Waals surface area contributed by atoms with Gasteiger partial charge in [-0.05, 0) is 87.5 Å². The molecule has 0 aliphatic heterocycles. The van der Waals surface area contributed by atoms with Gasteiger partial charge >= 0.3 is 5.97 Å². The minimum Gasteiger partial charge on any atom is -0.426 e. The van der Waals surface area contributed by atoms with Gasteiger partial charge in [-0.3, -0.25) is 9.59 Å². The maximum atomic E-state index is 12.6. The van der Waals surface area contributed by atoms with E-state index in [4.69, 9.17) is 4.74 Å². The molecule has 4 nitrogen and oxygen atoms in total. The average molecular weight is 414 g/mol. The van der Waals surface area contributed by atoms with E-state index in [-0.39, 0.29) is 23.7 Å². The Bertz CT molecular complexity index is 609. The zero-order valence-corrected chi connectivity index (χ0v) is 18.8. The van der Waals surface area contributed by atoms with E-state index >= 15 is 0 Å². The van der Waals surface area contributed by atoms with Gasteiger partial charge in [0.25, 0.3) is 0 Å². The molecule has 0 unspecified atom stereocenters. The number of benzene rings is 1. The molecule has 4 heteroatoms. The maximum Gasteiger partial charge on any atom is 0.314 e. The second-order valence-corrected chi connectivity index (χ2v) is 9.45.